The van der Waals surface area contributed by atoms with Crippen LogP contribution < -0.4 is 4.74 Å². The number of aliphatic carboxylic acids is 1. The molecule has 0 spiro atoms. The molecular weight excluding hydrogens is 347 g/mol. The molecule has 3 aromatic rings. The highest BCUT2D eigenvalue weighted by molar-refractivity contribution is 5.70. The number of rotatable bonds is 6. The average molecular weight is 362 g/mol. The van der Waals surface area contributed by atoms with Crippen molar-refractivity contribution in [3.8, 4) is 23.1 Å². The number of hydrogen-bond donors (Lipinski definition) is 1. The molecule has 27 heavy (non-hydrogen) atoms. The average Bonchev–Trinajstić information content (AvgIpc) is 2.67. The number of nitriles is 1. The number of pyridine rings is 1. The molecule has 2 aromatic carbocycles. The summed E-state index contributed by atoms with van der Waals surface area (Å²) in [5, 5.41) is 17.6. The van der Waals surface area contributed by atoms with E-state index in [1.165, 1.54) is 18.3 Å². The number of carboxylic acid groups (broad SMARTS) is 1. The molecule has 0 unspecified atom stereocenters. The van der Waals surface area contributed by atoms with Gasteiger partial charge in [-0.1, -0.05) is 24.3 Å². The van der Waals surface area contributed by atoms with E-state index in [0.717, 1.165) is 5.56 Å². The Labute approximate surface area is 155 Å². The molecule has 0 aliphatic heterocycles. The first kappa shape index (κ1) is 18.1. The number of carbonyl (C=O) groups is 1. The molecular formula is C21H15FN2O3. The second-order valence-corrected chi connectivity index (χ2v) is 5.86. The number of ether oxygens (including phenoxy) is 1. The van der Waals surface area contributed by atoms with E-state index in [9.17, 15) is 9.18 Å². The van der Waals surface area contributed by atoms with Crippen molar-refractivity contribution in [3.63, 3.8) is 0 Å². The van der Waals surface area contributed by atoms with E-state index in [-0.39, 0.29) is 18.6 Å². The smallest absolute Gasteiger partial charge is 0.307 e. The van der Waals surface area contributed by atoms with Gasteiger partial charge in [0.15, 0.2) is 0 Å². The summed E-state index contributed by atoms with van der Waals surface area (Å²) in [7, 11) is 0. The van der Waals surface area contributed by atoms with E-state index in [0.29, 0.717) is 22.6 Å². The molecule has 0 radical (unpaired) electrons. The summed E-state index contributed by atoms with van der Waals surface area (Å²) in [6.45, 7) is 0.0337. The molecule has 0 aliphatic carbocycles. The number of halogens is 1. The highest BCUT2D eigenvalue weighted by atomic mass is 19.1. The SMILES string of the molecule is N#Cc1ccc(COc2cccc(-c3ccc(CC(=O)O)cn3)c2)c(F)c1. The molecule has 6 heteroatoms. The lowest BCUT2D eigenvalue weighted by atomic mass is 10.1. The second-order valence-electron chi connectivity index (χ2n) is 5.86. The van der Waals surface area contributed by atoms with Gasteiger partial charge in [0, 0.05) is 17.3 Å². The largest absolute Gasteiger partial charge is 0.489 e. The van der Waals surface area contributed by atoms with Gasteiger partial charge in [-0.3, -0.25) is 9.78 Å². The minimum Gasteiger partial charge on any atom is -0.489 e. The van der Waals surface area contributed by atoms with Crippen LogP contribution in [0.2, 0.25) is 0 Å². The van der Waals surface area contributed by atoms with Gasteiger partial charge < -0.3 is 9.84 Å². The van der Waals surface area contributed by atoms with Crippen LogP contribution in [0.25, 0.3) is 11.3 Å². The van der Waals surface area contributed by atoms with E-state index in [4.69, 9.17) is 15.1 Å². The molecule has 3 rings (SSSR count). The predicted molar refractivity (Wildman–Crippen MR) is 96.5 cm³/mol. The van der Waals surface area contributed by atoms with Gasteiger partial charge in [0.1, 0.15) is 18.2 Å². The Morgan fingerprint density at radius 2 is 2.04 bits per heavy atom. The molecule has 0 aliphatic rings. The van der Waals surface area contributed by atoms with E-state index < -0.39 is 11.8 Å². The number of nitrogens with zero attached hydrogens (tertiary/aromatic N) is 2. The van der Waals surface area contributed by atoms with E-state index in [1.807, 2.05) is 12.1 Å². The Bertz CT molecular complexity index is 1010. The normalized spacial score (nSPS) is 10.2. The Morgan fingerprint density at radius 3 is 2.70 bits per heavy atom. The van der Waals surface area contributed by atoms with Gasteiger partial charge in [-0.05, 0) is 35.9 Å². The summed E-state index contributed by atoms with van der Waals surface area (Å²) in [4.78, 5) is 15.0. The third kappa shape index (κ3) is 4.67. The fourth-order valence-electron chi connectivity index (χ4n) is 2.51. The van der Waals surface area contributed by atoms with Crippen LogP contribution in [-0.2, 0) is 17.8 Å². The molecule has 1 heterocycles. The molecule has 1 N–H and O–H groups in total. The van der Waals surface area contributed by atoms with Gasteiger partial charge >= 0.3 is 5.97 Å². The zero-order valence-corrected chi connectivity index (χ0v) is 14.2. The molecule has 5 nitrogen and oxygen atoms in total. The van der Waals surface area contributed by atoms with E-state index in [1.54, 1.807) is 36.4 Å². The Balaban J connectivity index is 1.72. The lowest BCUT2D eigenvalue weighted by Gasteiger charge is -2.09. The van der Waals surface area contributed by atoms with Crippen molar-refractivity contribution in [2.45, 2.75) is 13.0 Å². The van der Waals surface area contributed by atoms with E-state index in [2.05, 4.69) is 4.98 Å². The van der Waals surface area contributed by atoms with Gasteiger partial charge in [0.05, 0.1) is 23.7 Å². The fourth-order valence-corrected chi connectivity index (χ4v) is 2.51. The van der Waals surface area contributed by atoms with Crippen molar-refractivity contribution in [1.29, 1.82) is 5.26 Å². The van der Waals surface area contributed by atoms with Crippen LogP contribution >= 0.6 is 0 Å². The maximum atomic E-state index is 13.9. The summed E-state index contributed by atoms with van der Waals surface area (Å²) < 4.78 is 19.6. The van der Waals surface area contributed by atoms with Gasteiger partial charge in [0.2, 0.25) is 0 Å². The standard InChI is InChI=1S/C21H15FN2O3/c22-19-8-14(11-23)4-6-17(19)13-27-18-3-1-2-16(10-18)20-7-5-15(12-24-20)9-21(25)26/h1-8,10,12H,9,13H2,(H,25,26). The minimum absolute atomic E-state index is 0.0337. The number of carboxylic acids is 1. The van der Waals surface area contributed by atoms with Gasteiger partial charge in [-0.2, -0.15) is 5.26 Å². The Morgan fingerprint density at radius 1 is 1.19 bits per heavy atom. The maximum Gasteiger partial charge on any atom is 0.307 e. The van der Waals surface area contributed by atoms with Crippen molar-refractivity contribution in [2.24, 2.45) is 0 Å². The zero-order valence-electron chi connectivity index (χ0n) is 14.2. The number of benzene rings is 2. The molecule has 0 saturated carbocycles. The van der Waals surface area contributed by atoms with Crippen molar-refractivity contribution >= 4 is 5.97 Å². The molecule has 0 atom stereocenters. The summed E-state index contributed by atoms with van der Waals surface area (Å²) >= 11 is 0. The van der Waals surface area contributed by atoms with Crippen LogP contribution in [0.3, 0.4) is 0 Å². The Kier molecular flexibility index (Phi) is 5.43. The van der Waals surface area contributed by atoms with Gasteiger partial charge in [-0.25, -0.2) is 4.39 Å². The first-order valence-electron chi connectivity index (χ1n) is 8.13. The maximum absolute atomic E-state index is 13.9. The lowest BCUT2D eigenvalue weighted by Crippen LogP contribution is -2.00. The van der Waals surface area contributed by atoms with Crippen molar-refractivity contribution in [1.82, 2.24) is 4.98 Å². The van der Waals surface area contributed by atoms with Crippen LogP contribution in [0.15, 0.2) is 60.8 Å². The monoisotopic (exact) mass is 362 g/mol. The van der Waals surface area contributed by atoms with Crippen molar-refractivity contribution < 1.29 is 19.0 Å². The summed E-state index contributed by atoms with van der Waals surface area (Å²) in [6, 6.07) is 16.8. The minimum atomic E-state index is -0.907. The molecule has 0 bridgehead atoms. The number of aromatic nitrogens is 1. The highest BCUT2D eigenvalue weighted by Crippen LogP contribution is 2.23. The molecule has 134 valence electrons. The van der Waals surface area contributed by atoms with Crippen molar-refractivity contribution in [3.05, 3.63) is 83.3 Å². The molecule has 0 amide bonds. The quantitative estimate of drug-likeness (QED) is 0.717. The molecule has 0 saturated heterocycles. The van der Waals surface area contributed by atoms with Crippen LogP contribution in [0, 0.1) is 17.1 Å². The molecule has 1 aromatic heterocycles. The topological polar surface area (TPSA) is 83.2 Å². The predicted octanol–water partition coefficient (Wildman–Crippen LogP) is 3.97. The lowest BCUT2D eigenvalue weighted by molar-refractivity contribution is -0.136. The third-order valence-electron chi connectivity index (χ3n) is 3.89. The summed E-state index contributed by atoms with van der Waals surface area (Å²) in [6.07, 6.45) is 1.45. The first-order chi connectivity index (χ1) is 13.0. The number of hydrogen-bond acceptors (Lipinski definition) is 4. The second kappa shape index (κ2) is 8.11. The van der Waals surface area contributed by atoms with Crippen LogP contribution in [-0.4, -0.2) is 16.1 Å². The van der Waals surface area contributed by atoms with Crippen LogP contribution in [0.4, 0.5) is 4.39 Å². The third-order valence-corrected chi connectivity index (χ3v) is 3.89. The summed E-state index contributed by atoms with van der Waals surface area (Å²) in [5.41, 5.74) is 2.72. The summed E-state index contributed by atoms with van der Waals surface area (Å²) in [5.74, 6) is -0.844. The van der Waals surface area contributed by atoms with Crippen LogP contribution in [0.5, 0.6) is 5.75 Å². The van der Waals surface area contributed by atoms with Gasteiger partial charge in [-0.15, -0.1) is 0 Å². The first-order valence-corrected chi connectivity index (χ1v) is 8.13. The molecule has 0 fully saturated rings. The zero-order chi connectivity index (χ0) is 19.2. The fraction of sp³-hybridized carbons (Fsp3) is 0.0952. The Hall–Kier alpha value is -3.72. The van der Waals surface area contributed by atoms with Gasteiger partial charge in [0.25, 0.3) is 0 Å². The van der Waals surface area contributed by atoms with Crippen LogP contribution in [0.1, 0.15) is 16.7 Å². The van der Waals surface area contributed by atoms with Crippen molar-refractivity contribution in [2.75, 3.05) is 0 Å². The van der Waals surface area contributed by atoms with E-state index >= 15 is 0 Å². The highest BCUT2D eigenvalue weighted by Gasteiger charge is 2.07.